The number of carbonyl (C=O) groups is 1. The van der Waals surface area contributed by atoms with Crippen molar-refractivity contribution in [2.75, 3.05) is 5.32 Å². The summed E-state index contributed by atoms with van der Waals surface area (Å²) in [4.78, 5) is 13.6. The highest BCUT2D eigenvalue weighted by Crippen LogP contribution is 2.18. The number of fused-ring (bicyclic) bond motifs is 1. The van der Waals surface area contributed by atoms with Gasteiger partial charge in [-0.3, -0.25) is 10.1 Å². The fourth-order valence-corrected chi connectivity index (χ4v) is 3.38. The summed E-state index contributed by atoms with van der Waals surface area (Å²) in [5, 5.41) is 14.6. The molecule has 0 fully saturated rings. The Morgan fingerprint density at radius 2 is 1.70 bits per heavy atom. The van der Waals surface area contributed by atoms with Crippen molar-refractivity contribution < 1.29 is 9.18 Å². The fraction of sp³-hybridized carbons (Fsp3) is 0.120. The van der Waals surface area contributed by atoms with Gasteiger partial charge in [0.2, 0.25) is 5.91 Å². The molecule has 4 rings (SSSR count). The molecule has 166 valence electrons. The minimum absolute atomic E-state index is 0.171. The number of aromatic nitrogens is 3. The molecule has 0 aliphatic rings. The second-order valence-corrected chi connectivity index (χ2v) is 8.18. The molecule has 2 N–H and O–H groups in total. The van der Waals surface area contributed by atoms with Gasteiger partial charge in [0.15, 0.2) is 5.11 Å². The van der Waals surface area contributed by atoms with Crippen LogP contribution in [0.25, 0.3) is 22.8 Å². The van der Waals surface area contributed by atoms with Crippen LogP contribution in [-0.4, -0.2) is 26.0 Å². The number of anilines is 1. The first-order valence-electron chi connectivity index (χ1n) is 10.4. The van der Waals surface area contributed by atoms with Crippen LogP contribution in [0.2, 0.25) is 0 Å². The molecule has 0 saturated heterocycles. The van der Waals surface area contributed by atoms with Crippen LogP contribution < -0.4 is 10.6 Å². The Morgan fingerprint density at radius 3 is 2.39 bits per heavy atom. The molecule has 0 unspecified atom stereocenters. The molecule has 0 atom stereocenters. The first-order valence-corrected chi connectivity index (χ1v) is 10.8. The van der Waals surface area contributed by atoms with E-state index in [1.165, 1.54) is 28.6 Å². The highest BCUT2D eigenvalue weighted by molar-refractivity contribution is 7.80. The van der Waals surface area contributed by atoms with Crippen molar-refractivity contribution in [2.24, 2.45) is 0 Å². The summed E-state index contributed by atoms with van der Waals surface area (Å²) in [6.07, 6.45) is 3.18. The predicted octanol–water partition coefficient (Wildman–Crippen LogP) is 5.21. The van der Waals surface area contributed by atoms with E-state index >= 15 is 0 Å². The summed E-state index contributed by atoms with van der Waals surface area (Å²) >= 11 is 5.25. The van der Waals surface area contributed by atoms with Gasteiger partial charge in [-0.2, -0.15) is 4.80 Å². The summed E-state index contributed by atoms with van der Waals surface area (Å²) in [6.45, 7) is 4.27. The zero-order chi connectivity index (χ0) is 23.4. The van der Waals surface area contributed by atoms with Gasteiger partial charge in [0.25, 0.3) is 0 Å². The highest BCUT2D eigenvalue weighted by atomic mass is 32.1. The van der Waals surface area contributed by atoms with E-state index in [9.17, 15) is 9.18 Å². The molecule has 8 heteroatoms. The number of nitrogens with zero attached hydrogens (tertiary/aromatic N) is 3. The van der Waals surface area contributed by atoms with Crippen molar-refractivity contribution in [3.63, 3.8) is 0 Å². The Morgan fingerprint density at radius 1 is 1.00 bits per heavy atom. The van der Waals surface area contributed by atoms with Gasteiger partial charge in [0, 0.05) is 11.8 Å². The standard InChI is InChI=1S/C25H22FN5OS/c1-16(2)18-6-3-17(4-7-18)5-14-24(32)28-25(33)27-20-10-13-22-23(15-20)30-31(29-22)21-11-8-19(26)9-12-21/h3-16H,1-2H3,(H2,27,28,32,33)/b14-5+. The van der Waals surface area contributed by atoms with Crippen LogP contribution in [0.4, 0.5) is 10.1 Å². The van der Waals surface area contributed by atoms with Gasteiger partial charge in [-0.25, -0.2) is 4.39 Å². The monoisotopic (exact) mass is 459 g/mol. The molecule has 0 bridgehead atoms. The molecule has 0 radical (unpaired) electrons. The average Bonchev–Trinajstić information content (AvgIpc) is 3.21. The SMILES string of the molecule is CC(C)c1ccc(/C=C/C(=O)NC(=S)Nc2ccc3nn(-c4ccc(F)cc4)nc3c2)cc1. The van der Waals surface area contributed by atoms with Crippen molar-refractivity contribution in [3.05, 3.63) is 89.8 Å². The highest BCUT2D eigenvalue weighted by Gasteiger charge is 2.08. The van der Waals surface area contributed by atoms with Crippen molar-refractivity contribution in [3.8, 4) is 5.69 Å². The van der Waals surface area contributed by atoms with E-state index in [0.717, 1.165) is 5.56 Å². The van der Waals surface area contributed by atoms with E-state index in [0.29, 0.717) is 28.3 Å². The minimum Gasteiger partial charge on any atom is -0.332 e. The van der Waals surface area contributed by atoms with E-state index in [-0.39, 0.29) is 16.8 Å². The number of halogens is 1. The molecule has 0 saturated carbocycles. The zero-order valence-electron chi connectivity index (χ0n) is 18.1. The van der Waals surface area contributed by atoms with Crippen molar-refractivity contribution in [2.45, 2.75) is 19.8 Å². The van der Waals surface area contributed by atoms with Gasteiger partial charge in [0.1, 0.15) is 16.9 Å². The number of carbonyl (C=O) groups excluding carboxylic acids is 1. The first kappa shape index (κ1) is 22.3. The van der Waals surface area contributed by atoms with Gasteiger partial charge in [-0.1, -0.05) is 38.1 Å². The third-order valence-electron chi connectivity index (χ3n) is 4.96. The van der Waals surface area contributed by atoms with E-state index in [4.69, 9.17) is 12.2 Å². The number of benzene rings is 3. The summed E-state index contributed by atoms with van der Waals surface area (Å²) in [6, 6.07) is 19.3. The van der Waals surface area contributed by atoms with Gasteiger partial charge < -0.3 is 5.32 Å². The van der Waals surface area contributed by atoms with Crippen LogP contribution in [0.1, 0.15) is 30.9 Å². The second-order valence-electron chi connectivity index (χ2n) is 7.77. The summed E-state index contributed by atoms with van der Waals surface area (Å²) in [5.74, 6) is -0.193. The Labute approximate surface area is 196 Å². The average molecular weight is 460 g/mol. The van der Waals surface area contributed by atoms with Gasteiger partial charge in [-0.15, -0.1) is 10.2 Å². The molecule has 0 spiro atoms. The van der Waals surface area contributed by atoms with Crippen LogP contribution in [0.5, 0.6) is 0 Å². The molecule has 0 aliphatic heterocycles. The van der Waals surface area contributed by atoms with E-state index in [1.807, 2.05) is 12.1 Å². The molecule has 1 amide bonds. The molecule has 3 aromatic carbocycles. The molecular weight excluding hydrogens is 437 g/mol. The number of nitrogens with one attached hydrogen (secondary N) is 2. The maximum atomic E-state index is 13.1. The third-order valence-corrected chi connectivity index (χ3v) is 5.17. The largest absolute Gasteiger partial charge is 0.332 e. The van der Waals surface area contributed by atoms with Gasteiger partial charge in [0.05, 0.1) is 5.69 Å². The van der Waals surface area contributed by atoms with Crippen molar-refractivity contribution >= 4 is 46.0 Å². The van der Waals surface area contributed by atoms with Crippen LogP contribution >= 0.6 is 12.2 Å². The number of rotatable bonds is 5. The first-order chi connectivity index (χ1) is 15.9. The predicted molar refractivity (Wildman–Crippen MR) is 133 cm³/mol. The molecule has 0 aliphatic carbocycles. The lowest BCUT2D eigenvalue weighted by molar-refractivity contribution is -0.115. The normalized spacial score (nSPS) is 11.3. The summed E-state index contributed by atoms with van der Waals surface area (Å²) < 4.78 is 13.1. The summed E-state index contributed by atoms with van der Waals surface area (Å²) in [7, 11) is 0. The smallest absolute Gasteiger partial charge is 0.250 e. The molecule has 4 aromatic rings. The topological polar surface area (TPSA) is 71.8 Å². The lowest BCUT2D eigenvalue weighted by atomic mass is 10.0. The van der Waals surface area contributed by atoms with Crippen LogP contribution in [0.3, 0.4) is 0 Å². The Hall–Kier alpha value is -3.91. The number of hydrogen-bond acceptors (Lipinski definition) is 4. The Kier molecular flexibility index (Phi) is 6.55. The molecule has 6 nitrogen and oxygen atoms in total. The van der Waals surface area contributed by atoms with Crippen molar-refractivity contribution in [1.29, 1.82) is 0 Å². The molecule has 1 heterocycles. The minimum atomic E-state index is -0.330. The molecule has 33 heavy (non-hydrogen) atoms. The second kappa shape index (κ2) is 9.70. The van der Waals surface area contributed by atoms with Gasteiger partial charge in [-0.05, 0) is 77.8 Å². The summed E-state index contributed by atoms with van der Waals surface area (Å²) in [5.41, 5.74) is 4.79. The van der Waals surface area contributed by atoms with E-state index in [1.54, 1.807) is 36.4 Å². The number of amides is 1. The Bertz CT molecular complexity index is 1330. The van der Waals surface area contributed by atoms with E-state index in [2.05, 4.69) is 46.8 Å². The van der Waals surface area contributed by atoms with Gasteiger partial charge >= 0.3 is 0 Å². The quantitative estimate of drug-likeness (QED) is 0.317. The lowest BCUT2D eigenvalue weighted by Crippen LogP contribution is -2.32. The van der Waals surface area contributed by atoms with Crippen LogP contribution in [-0.2, 0) is 4.79 Å². The van der Waals surface area contributed by atoms with E-state index < -0.39 is 0 Å². The Balaban J connectivity index is 1.37. The zero-order valence-corrected chi connectivity index (χ0v) is 18.9. The fourth-order valence-electron chi connectivity index (χ4n) is 3.16. The maximum Gasteiger partial charge on any atom is 0.250 e. The third kappa shape index (κ3) is 5.67. The number of thiocarbonyl (C=S) groups is 1. The molecular formula is C25H22FN5OS. The van der Waals surface area contributed by atoms with Crippen LogP contribution in [0.15, 0.2) is 72.8 Å². The molecule has 1 aromatic heterocycles. The lowest BCUT2D eigenvalue weighted by Gasteiger charge is -2.08. The number of hydrogen-bond donors (Lipinski definition) is 2. The maximum absolute atomic E-state index is 13.1. The van der Waals surface area contributed by atoms with Crippen LogP contribution in [0, 0.1) is 5.82 Å². The van der Waals surface area contributed by atoms with Crippen molar-refractivity contribution in [1.82, 2.24) is 20.3 Å².